The first-order chi connectivity index (χ1) is 16.5. The lowest BCUT2D eigenvalue weighted by molar-refractivity contribution is -0.154. The number of nitrogens with zero attached hydrogens (tertiary/aromatic N) is 4. The number of aliphatic carboxylic acids is 1. The summed E-state index contributed by atoms with van der Waals surface area (Å²) < 4.78 is 28.3. The number of carboxylic acids is 1. The Morgan fingerprint density at radius 2 is 1.94 bits per heavy atom. The van der Waals surface area contributed by atoms with E-state index in [9.17, 15) is 23.1 Å². The highest BCUT2D eigenvalue weighted by Gasteiger charge is 2.42. The quantitative estimate of drug-likeness (QED) is 0.368. The van der Waals surface area contributed by atoms with Gasteiger partial charge in [-0.05, 0) is 34.7 Å². The minimum absolute atomic E-state index is 0.0372. The second-order valence-electron chi connectivity index (χ2n) is 8.25. The molecule has 0 unspecified atom stereocenters. The highest BCUT2D eigenvalue weighted by Crippen LogP contribution is 2.33. The van der Waals surface area contributed by atoms with Crippen LogP contribution < -0.4 is 0 Å². The van der Waals surface area contributed by atoms with Crippen molar-refractivity contribution in [2.24, 2.45) is 5.10 Å². The lowest BCUT2D eigenvalue weighted by Crippen LogP contribution is -2.59. The van der Waals surface area contributed by atoms with Gasteiger partial charge in [-0.2, -0.15) is 9.41 Å². The molecule has 0 bridgehead atoms. The first kappa shape index (κ1) is 25.1. The van der Waals surface area contributed by atoms with Gasteiger partial charge in [0, 0.05) is 36.9 Å². The van der Waals surface area contributed by atoms with Gasteiger partial charge in [0.25, 0.3) is 10.0 Å². The average molecular weight is 535 g/mol. The normalized spacial score (nSPS) is 17.4. The number of halogens is 1. The minimum atomic E-state index is -4.07. The predicted molar refractivity (Wildman–Crippen MR) is 135 cm³/mol. The molecule has 0 aliphatic carbocycles. The largest absolute Gasteiger partial charge is 0.480 e. The summed E-state index contributed by atoms with van der Waals surface area (Å²) in [5.41, 5.74) is 1.58. The molecule has 1 aliphatic heterocycles. The van der Waals surface area contributed by atoms with Crippen molar-refractivity contribution in [2.45, 2.75) is 16.8 Å². The van der Waals surface area contributed by atoms with Crippen LogP contribution >= 0.6 is 22.9 Å². The number of hydrazone groups is 1. The van der Waals surface area contributed by atoms with Crippen LogP contribution in [0, 0.1) is 0 Å². The van der Waals surface area contributed by atoms with E-state index >= 15 is 0 Å². The number of hydrogen-bond donors (Lipinski definition) is 1. The smallest absolute Gasteiger partial charge is 0.327 e. The monoisotopic (exact) mass is 534 g/mol. The van der Waals surface area contributed by atoms with E-state index in [0.717, 1.165) is 26.8 Å². The molecule has 184 valence electrons. The van der Waals surface area contributed by atoms with Crippen molar-refractivity contribution in [1.82, 2.24) is 14.2 Å². The minimum Gasteiger partial charge on any atom is -0.480 e. The molecule has 4 rings (SSSR count). The number of rotatable bonds is 7. The zero-order valence-electron chi connectivity index (χ0n) is 19.0. The van der Waals surface area contributed by atoms with Gasteiger partial charge in [-0.3, -0.25) is 4.79 Å². The molecule has 12 heteroatoms. The Morgan fingerprint density at radius 3 is 2.60 bits per heavy atom. The number of benzene rings is 2. The van der Waals surface area contributed by atoms with Crippen LogP contribution in [0.4, 0.5) is 0 Å². The first-order valence-electron chi connectivity index (χ1n) is 10.6. The Morgan fingerprint density at radius 1 is 1.23 bits per heavy atom. The molecule has 1 amide bonds. The average Bonchev–Trinajstić information content (AvgIpc) is 3.23. The molecule has 1 saturated heterocycles. The van der Waals surface area contributed by atoms with Crippen molar-refractivity contribution in [3.8, 4) is 0 Å². The van der Waals surface area contributed by atoms with Crippen LogP contribution in [0.3, 0.4) is 0 Å². The van der Waals surface area contributed by atoms with Crippen molar-refractivity contribution >= 4 is 61.1 Å². The Labute approximate surface area is 211 Å². The zero-order chi connectivity index (χ0) is 25.3. The van der Waals surface area contributed by atoms with Gasteiger partial charge in [0.1, 0.15) is 10.3 Å². The fourth-order valence-corrected chi connectivity index (χ4v) is 6.91. The lowest BCUT2D eigenvalue weighted by Gasteiger charge is -2.38. The molecule has 1 aromatic heterocycles. The van der Waals surface area contributed by atoms with Crippen LogP contribution in [0.15, 0.2) is 57.8 Å². The summed E-state index contributed by atoms with van der Waals surface area (Å²) in [5.74, 6) is -1.84. The van der Waals surface area contributed by atoms with Crippen molar-refractivity contribution in [3.63, 3.8) is 0 Å². The van der Waals surface area contributed by atoms with Crippen molar-refractivity contribution in [1.29, 1.82) is 0 Å². The Kier molecular flexibility index (Phi) is 7.13. The molecule has 9 nitrogen and oxygen atoms in total. The van der Waals surface area contributed by atoms with Gasteiger partial charge in [-0.1, -0.05) is 41.9 Å². The van der Waals surface area contributed by atoms with Gasteiger partial charge in [0.2, 0.25) is 5.91 Å². The van der Waals surface area contributed by atoms with Crippen LogP contribution in [0.1, 0.15) is 11.1 Å². The standard InChI is InChI=1S/C23H23ClN4O5S2/c1-26(2)25-11-15-3-5-16(6-4-15)12-28-19(23(30)31)13-27(14-21(28)29)35(32,33)22-9-17-7-8-18(24)10-20(17)34-22/h3-11,19H,12-14H2,1-2H3,(H,30,31)/t19-/m1/s1. The Hall–Kier alpha value is -2.99. The summed E-state index contributed by atoms with van der Waals surface area (Å²) in [4.78, 5) is 26.2. The van der Waals surface area contributed by atoms with Crippen LogP contribution in [-0.4, -0.2) is 79.1 Å². The summed E-state index contributed by atoms with van der Waals surface area (Å²) in [6, 6.07) is 12.5. The number of carbonyl (C=O) groups is 2. The molecule has 2 aromatic carbocycles. The number of thiophene rings is 1. The van der Waals surface area contributed by atoms with E-state index in [1.54, 1.807) is 55.7 Å². The molecule has 1 aliphatic rings. The predicted octanol–water partition coefficient (Wildman–Crippen LogP) is 2.94. The van der Waals surface area contributed by atoms with Gasteiger partial charge >= 0.3 is 5.97 Å². The number of carbonyl (C=O) groups excluding carboxylic acids is 1. The number of fused-ring (bicyclic) bond motifs is 1. The fourth-order valence-electron chi connectivity index (χ4n) is 3.69. The molecule has 35 heavy (non-hydrogen) atoms. The van der Waals surface area contributed by atoms with Gasteiger partial charge in [0.05, 0.1) is 12.8 Å². The zero-order valence-corrected chi connectivity index (χ0v) is 21.3. The summed E-state index contributed by atoms with van der Waals surface area (Å²) in [6.45, 7) is -0.725. The summed E-state index contributed by atoms with van der Waals surface area (Å²) in [6.07, 6.45) is 1.68. The van der Waals surface area contributed by atoms with Crippen molar-refractivity contribution in [3.05, 3.63) is 64.7 Å². The van der Waals surface area contributed by atoms with E-state index < -0.39 is 34.5 Å². The highest BCUT2D eigenvalue weighted by molar-refractivity contribution is 7.91. The number of piperazine rings is 1. The van der Waals surface area contributed by atoms with Crippen LogP contribution in [0.2, 0.25) is 5.02 Å². The molecule has 1 fully saturated rings. The molecule has 1 atom stereocenters. The topological polar surface area (TPSA) is 111 Å². The SMILES string of the molecule is CN(C)N=Cc1ccc(CN2C(=O)CN(S(=O)(=O)c3cc4ccc(Cl)cc4s3)C[C@@H]2C(=O)O)cc1. The highest BCUT2D eigenvalue weighted by atomic mass is 35.5. The van der Waals surface area contributed by atoms with Gasteiger partial charge in [-0.15, -0.1) is 11.3 Å². The third-order valence-corrected chi connectivity index (χ3v) is 9.09. The molecular weight excluding hydrogens is 512 g/mol. The Balaban J connectivity index is 1.55. The maximum absolute atomic E-state index is 13.3. The van der Waals surface area contributed by atoms with Crippen LogP contribution in [0.25, 0.3) is 10.1 Å². The molecule has 2 heterocycles. The molecule has 0 spiro atoms. The van der Waals surface area contributed by atoms with Gasteiger partial charge < -0.3 is 15.0 Å². The third-order valence-electron chi connectivity index (χ3n) is 5.49. The Bertz CT molecular complexity index is 1400. The van der Waals surface area contributed by atoms with Crippen molar-refractivity contribution in [2.75, 3.05) is 27.2 Å². The lowest BCUT2D eigenvalue weighted by atomic mass is 10.1. The number of carboxylic acid groups (broad SMARTS) is 1. The molecule has 0 radical (unpaired) electrons. The summed E-state index contributed by atoms with van der Waals surface area (Å²) in [5, 5.41) is 16.8. The summed E-state index contributed by atoms with van der Waals surface area (Å²) >= 11 is 7.04. The van der Waals surface area contributed by atoms with Crippen molar-refractivity contribution < 1.29 is 23.1 Å². The van der Waals surface area contributed by atoms with E-state index in [0.29, 0.717) is 15.1 Å². The van der Waals surface area contributed by atoms with E-state index in [1.165, 1.54) is 11.0 Å². The second kappa shape index (κ2) is 9.94. The first-order valence-corrected chi connectivity index (χ1v) is 13.2. The van der Waals surface area contributed by atoms with E-state index in [1.807, 2.05) is 12.1 Å². The van der Waals surface area contributed by atoms with E-state index in [2.05, 4.69) is 5.10 Å². The molecule has 1 N–H and O–H groups in total. The number of amides is 1. The third kappa shape index (κ3) is 5.48. The summed E-state index contributed by atoms with van der Waals surface area (Å²) in [7, 11) is -0.463. The number of hydrogen-bond acceptors (Lipinski definition) is 7. The second-order valence-corrected chi connectivity index (χ2v) is 11.9. The fraction of sp³-hybridized carbons (Fsp3) is 0.261. The van der Waals surface area contributed by atoms with Gasteiger partial charge in [-0.25, -0.2) is 13.2 Å². The maximum Gasteiger partial charge on any atom is 0.327 e. The van der Waals surface area contributed by atoms with Crippen LogP contribution in [0.5, 0.6) is 0 Å². The van der Waals surface area contributed by atoms with E-state index in [-0.39, 0.29) is 17.3 Å². The molecular formula is C23H23ClN4O5S2. The molecule has 3 aromatic rings. The van der Waals surface area contributed by atoms with E-state index in [4.69, 9.17) is 11.6 Å². The van der Waals surface area contributed by atoms with Gasteiger partial charge in [0.15, 0.2) is 0 Å². The number of sulfonamides is 1. The van der Waals surface area contributed by atoms with Crippen LogP contribution in [-0.2, 0) is 26.2 Å². The molecule has 0 saturated carbocycles. The maximum atomic E-state index is 13.3.